The molecule has 0 aromatic carbocycles. The normalized spacial score (nSPS) is 60.7. The van der Waals surface area contributed by atoms with Gasteiger partial charge in [0.1, 0.15) is 0 Å². The van der Waals surface area contributed by atoms with E-state index in [4.69, 9.17) is 0 Å². The maximum Gasteiger partial charge on any atom is 0.153 e. The Hall–Kier alpha value is -0.660. The molecule has 0 amide bonds. The highest BCUT2D eigenvalue weighted by molar-refractivity contribution is 6.22. The van der Waals surface area contributed by atoms with E-state index >= 15 is 0 Å². The van der Waals surface area contributed by atoms with Crippen molar-refractivity contribution in [2.45, 2.75) is 66.2 Å². The highest BCUT2D eigenvalue weighted by Crippen LogP contribution is 2.82. The molecular formula is C20H28O2. The van der Waals surface area contributed by atoms with Crippen LogP contribution >= 0.6 is 0 Å². The van der Waals surface area contributed by atoms with E-state index in [1.54, 1.807) is 0 Å². The van der Waals surface area contributed by atoms with E-state index in [1.165, 1.54) is 19.3 Å². The largest absolute Gasteiger partial charge is 0.298 e. The first-order chi connectivity index (χ1) is 10.2. The molecule has 6 fully saturated rings. The summed E-state index contributed by atoms with van der Waals surface area (Å²) in [6.45, 7) is 9.37. The molecule has 2 heteroatoms. The highest BCUT2D eigenvalue weighted by atomic mass is 16.2. The summed E-state index contributed by atoms with van der Waals surface area (Å²) in [6, 6.07) is 0. The number of Topliss-reactive ketones (excluding diaryl/α,β-unsaturated/α-hetero) is 2. The van der Waals surface area contributed by atoms with Gasteiger partial charge in [-0.1, -0.05) is 34.1 Å². The summed E-state index contributed by atoms with van der Waals surface area (Å²) in [6.07, 6.45) is 6.89. The molecule has 0 aromatic heterocycles. The van der Waals surface area contributed by atoms with Gasteiger partial charge in [0.15, 0.2) is 11.6 Å². The molecule has 0 aromatic rings. The number of carbonyl (C=O) groups excluding carboxylic acids is 2. The van der Waals surface area contributed by atoms with E-state index in [0.29, 0.717) is 34.7 Å². The lowest BCUT2D eigenvalue weighted by atomic mass is 9.39. The van der Waals surface area contributed by atoms with Crippen molar-refractivity contribution in [3.63, 3.8) is 0 Å². The molecule has 1 spiro atoms. The Morgan fingerprint density at radius 2 is 1.68 bits per heavy atom. The van der Waals surface area contributed by atoms with Crippen LogP contribution in [0.2, 0.25) is 0 Å². The SMILES string of the molecule is CC1(C)CCC[C@]2(C)[C@@H]1CC[C@@]13C(=O)C4[C@H](C[C@H]12)[C@]4(C)C3=O. The lowest BCUT2D eigenvalue weighted by Gasteiger charge is -2.63. The fraction of sp³-hybridized carbons (Fsp3) is 0.900. The number of ketones is 2. The third-order valence-corrected chi connectivity index (χ3v) is 9.31. The molecule has 2 nitrogen and oxygen atoms in total. The number of fused-ring (bicyclic) bond motifs is 1. The van der Waals surface area contributed by atoms with Crippen LogP contribution in [0.3, 0.4) is 0 Å². The minimum atomic E-state index is -0.563. The third-order valence-electron chi connectivity index (χ3n) is 9.31. The molecule has 0 radical (unpaired) electrons. The van der Waals surface area contributed by atoms with Gasteiger partial charge in [0, 0.05) is 11.3 Å². The van der Waals surface area contributed by atoms with E-state index < -0.39 is 5.41 Å². The molecule has 120 valence electrons. The van der Waals surface area contributed by atoms with Gasteiger partial charge >= 0.3 is 0 Å². The van der Waals surface area contributed by atoms with Crippen LogP contribution in [0, 0.1) is 45.3 Å². The predicted molar refractivity (Wildman–Crippen MR) is 84.1 cm³/mol. The Labute approximate surface area is 133 Å². The van der Waals surface area contributed by atoms with Crippen molar-refractivity contribution in [3.8, 4) is 0 Å². The zero-order valence-electron chi connectivity index (χ0n) is 14.4. The van der Waals surface area contributed by atoms with Crippen LogP contribution < -0.4 is 0 Å². The van der Waals surface area contributed by atoms with E-state index in [0.717, 1.165) is 19.3 Å². The van der Waals surface area contributed by atoms with Crippen molar-refractivity contribution >= 4 is 11.6 Å². The van der Waals surface area contributed by atoms with Gasteiger partial charge in [-0.05, 0) is 60.7 Å². The fourth-order valence-corrected chi connectivity index (χ4v) is 8.32. The Morgan fingerprint density at radius 3 is 2.32 bits per heavy atom. The van der Waals surface area contributed by atoms with Gasteiger partial charge in [-0.15, -0.1) is 0 Å². The average molecular weight is 300 g/mol. The monoisotopic (exact) mass is 300 g/mol. The van der Waals surface area contributed by atoms with Gasteiger partial charge in [-0.25, -0.2) is 0 Å². The Bertz CT molecular complexity index is 619. The molecule has 6 saturated carbocycles. The summed E-state index contributed by atoms with van der Waals surface area (Å²) in [5.41, 5.74) is -0.234. The van der Waals surface area contributed by atoms with Gasteiger partial charge in [0.2, 0.25) is 0 Å². The molecule has 22 heavy (non-hydrogen) atoms. The van der Waals surface area contributed by atoms with Crippen molar-refractivity contribution in [3.05, 3.63) is 0 Å². The molecule has 1 unspecified atom stereocenters. The summed E-state index contributed by atoms with van der Waals surface area (Å²) in [5.74, 6) is 2.25. The highest BCUT2D eigenvalue weighted by Gasteiger charge is 2.87. The topological polar surface area (TPSA) is 34.1 Å². The standard InChI is InChI=1S/C20H28O2/c1-17(2)7-5-8-18(3)12(17)6-9-20-13(18)10-11-14(15(20)21)19(11,4)16(20)22/h11-14H,5-10H2,1-4H3/t11-,12+,13-,14?,18+,19-,20-/m0/s1. The van der Waals surface area contributed by atoms with E-state index in [-0.39, 0.29) is 16.7 Å². The van der Waals surface area contributed by atoms with Gasteiger partial charge in [-0.3, -0.25) is 9.59 Å². The Morgan fingerprint density at radius 1 is 0.955 bits per heavy atom. The maximum absolute atomic E-state index is 13.3. The molecule has 0 N–H and O–H groups in total. The minimum absolute atomic E-state index is 0.105. The third kappa shape index (κ3) is 1.09. The van der Waals surface area contributed by atoms with Crippen molar-refractivity contribution < 1.29 is 9.59 Å². The lowest BCUT2D eigenvalue weighted by Crippen LogP contribution is -2.62. The lowest BCUT2D eigenvalue weighted by molar-refractivity contribution is -0.179. The molecule has 6 aliphatic rings. The summed E-state index contributed by atoms with van der Waals surface area (Å²) < 4.78 is 0. The zero-order chi connectivity index (χ0) is 15.7. The fourth-order valence-electron chi connectivity index (χ4n) is 8.32. The summed E-state index contributed by atoms with van der Waals surface area (Å²) >= 11 is 0. The molecular weight excluding hydrogens is 272 g/mol. The maximum atomic E-state index is 13.3. The Kier molecular flexibility index (Phi) is 2.12. The van der Waals surface area contributed by atoms with Crippen LogP contribution in [0.5, 0.6) is 0 Å². The second kappa shape index (κ2) is 3.39. The molecule has 6 rings (SSSR count). The van der Waals surface area contributed by atoms with Crippen LogP contribution in [0.4, 0.5) is 0 Å². The van der Waals surface area contributed by atoms with Crippen LogP contribution in [-0.4, -0.2) is 11.6 Å². The number of carbonyl (C=O) groups is 2. The second-order valence-corrected chi connectivity index (χ2v) is 10.3. The molecule has 4 bridgehead atoms. The van der Waals surface area contributed by atoms with Crippen molar-refractivity contribution in [1.82, 2.24) is 0 Å². The molecule has 0 aliphatic heterocycles. The average Bonchev–Trinajstić information content (AvgIpc) is 3.01. The van der Waals surface area contributed by atoms with Gasteiger partial charge in [0.05, 0.1) is 5.41 Å². The summed E-state index contributed by atoms with van der Waals surface area (Å²) in [4.78, 5) is 26.4. The van der Waals surface area contributed by atoms with Gasteiger partial charge in [-0.2, -0.15) is 0 Å². The number of hydrogen-bond donors (Lipinski definition) is 0. The number of rotatable bonds is 0. The number of hydrogen-bond acceptors (Lipinski definition) is 2. The Balaban J connectivity index is 1.65. The summed E-state index contributed by atoms with van der Waals surface area (Å²) in [5, 5.41) is 0. The van der Waals surface area contributed by atoms with Crippen molar-refractivity contribution in [2.75, 3.05) is 0 Å². The minimum Gasteiger partial charge on any atom is -0.298 e. The molecule has 6 aliphatic carbocycles. The molecule has 0 heterocycles. The first-order valence-electron chi connectivity index (χ1n) is 9.30. The van der Waals surface area contributed by atoms with Crippen LogP contribution in [0.1, 0.15) is 66.2 Å². The second-order valence-electron chi connectivity index (χ2n) is 10.3. The van der Waals surface area contributed by atoms with Gasteiger partial charge < -0.3 is 0 Å². The van der Waals surface area contributed by atoms with Gasteiger partial charge in [0.25, 0.3) is 0 Å². The first kappa shape index (κ1) is 13.7. The van der Waals surface area contributed by atoms with E-state index in [2.05, 4.69) is 27.7 Å². The first-order valence-corrected chi connectivity index (χ1v) is 9.30. The van der Waals surface area contributed by atoms with Crippen molar-refractivity contribution in [2.24, 2.45) is 45.3 Å². The molecule has 0 saturated heterocycles. The van der Waals surface area contributed by atoms with Crippen LogP contribution in [-0.2, 0) is 9.59 Å². The quantitative estimate of drug-likeness (QED) is 0.633. The smallest absolute Gasteiger partial charge is 0.153 e. The summed E-state index contributed by atoms with van der Waals surface area (Å²) in [7, 11) is 0. The zero-order valence-corrected chi connectivity index (χ0v) is 14.4. The predicted octanol–water partition coefficient (Wildman–Crippen LogP) is 4.02. The van der Waals surface area contributed by atoms with Crippen LogP contribution in [0.15, 0.2) is 0 Å². The van der Waals surface area contributed by atoms with E-state index in [1.807, 2.05) is 0 Å². The van der Waals surface area contributed by atoms with E-state index in [9.17, 15) is 9.59 Å². The molecule has 7 atom stereocenters. The van der Waals surface area contributed by atoms with Crippen LogP contribution in [0.25, 0.3) is 0 Å². The van der Waals surface area contributed by atoms with Crippen molar-refractivity contribution in [1.29, 1.82) is 0 Å².